The van der Waals surface area contributed by atoms with Crippen molar-refractivity contribution in [1.29, 1.82) is 0 Å². The van der Waals surface area contributed by atoms with E-state index in [1.165, 1.54) is 28.2 Å². The molecule has 7 heteroatoms. The molecule has 0 spiro atoms. The highest BCUT2D eigenvalue weighted by Crippen LogP contribution is 2.31. The van der Waals surface area contributed by atoms with Crippen LogP contribution < -0.4 is 5.32 Å². The zero-order valence-corrected chi connectivity index (χ0v) is 18.1. The molecule has 2 amide bonds. The van der Waals surface area contributed by atoms with Crippen LogP contribution in [0.1, 0.15) is 33.0 Å². The molecule has 0 aliphatic carbocycles. The Morgan fingerprint density at radius 2 is 1.83 bits per heavy atom. The third kappa shape index (κ3) is 4.41. The molecule has 1 saturated heterocycles. The average Bonchev–Trinajstić information content (AvgIpc) is 3.38. The largest absolute Gasteiger partial charge is 0.338 e. The molecule has 1 aromatic carbocycles. The normalized spacial score (nSPS) is 14.8. The van der Waals surface area contributed by atoms with E-state index in [-0.39, 0.29) is 17.7 Å². The number of hydrogen-bond acceptors (Lipinski definition) is 5. The number of thiophene rings is 1. The summed E-state index contributed by atoms with van der Waals surface area (Å²) in [5, 5.41) is 5.54. The van der Waals surface area contributed by atoms with Gasteiger partial charge in [-0.25, -0.2) is 4.98 Å². The van der Waals surface area contributed by atoms with Gasteiger partial charge in [0.25, 0.3) is 5.91 Å². The Labute approximate surface area is 178 Å². The van der Waals surface area contributed by atoms with Gasteiger partial charge in [-0.3, -0.25) is 9.59 Å². The highest BCUT2D eigenvalue weighted by molar-refractivity contribution is 7.16. The number of hydrogen-bond donors (Lipinski definition) is 1. The number of aromatic nitrogens is 1. The van der Waals surface area contributed by atoms with E-state index >= 15 is 0 Å². The van der Waals surface area contributed by atoms with Crippen molar-refractivity contribution in [2.24, 2.45) is 5.92 Å². The molecule has 1 aliphatic rings. The highest BCUT2D eigenvalue weighted by Gasteiger charge is 2.28. The summed E-state index contributed by atoms with van der Waals surface area (Å²) in [5.74, 6) is -0.0241. The van der Waals surface area contributed by atoms with E-state index in [1.807, 2.05) is 29.3 Å². The molecule has 0 atom stereocenters. The fourth-order valence-corrected chi connectivity index (χ4v) is 5.07. The molecule has 0 bridgehead atoms. The lowest BCUT2D eigenvalue weighted by atomic mass is 9.96. The fourth-order valence-electron chi connectivity index (χ4n) is 3.54. The topological polar surface area (TPSA) is 62.3 Å². The summed E-state index contributed by atoms with van der Waals surface area (Å²) >= 11 is 2.96. The first kappa shape index (κ1) is 19.8. The number of anilines is 1. The predicted molar refractivity (Wildman–Crippen MR) is 119 cm³/mol. The van der Waals surface area contributed by atoms with Crippen molar-refractivity contribution in [2.45, 2.75) is 26.7 Å². The lowest BCUT2D eigenvalue weighted by Crippen LogP contribution is -2.41. The molecule has 2 aromatic heterocycles. The van der Waals surface area contributed by atoms with Crippen LogP contribution in [0.4, 0.5) is 5.13 Å². The lowest BCUT2D eigenvalue weighted by molar-refractivity contribution is -0.121. The first-order valence-electron chi connectivity index (χ1n) is 9.69. The first-order valence-corrected chi connectivity index (χ1v) is 11.4. The van der Waals surface area contributed by atoms with E-state index in [1.54, 1.807) is 0 Å². The van der Waals surface area contributed by atoms with Crippen LogP contribution in [-0.2, 0) is 4.79 Å². The molecule has 5 nitrogen and oxygen atoms in total. The Kier molecular flexibility index (Phi) is 5.78. The number of carbonyl (C=O) groups excluding carboxylic acids is 2. The van der Waals surface area contributed by atoms with Crippen LogP contribution in [0.5, 0.6) is 0 Å². The van der Waals surface area contributed by atoms with Crippen molar-refractivity contribution in [3.63, 3.8) is 0 Å². The van der Waals surface area contributed by atoms with E-state index in [0.717, 1.165) is 21.0 Å². The van der Waals surface area contributed by atoms with Gasteiger partial charge in [-0.15, -0.1) is 22.7 Å². The number of nitrogens with one attached hydrogen (secondary N) is 1. The molecule has 150 valence electrons. The van der Waals surface area contributed by atoms with Gasteiger partial charge in [0, 0.05) is 29.4 Å². The molecule has 4 rings (SSSR count). The van der Waals surface area contributed by atoms with Crippen molar-refractivity contribution in [3.8, 4) is 11.3 Å². The second-order valence-corrected chi connectivity index (χ2v) is 9.47. The van der Waals surface area contributed by atoms with Crippen molar-refractivity contribution in [2.75, 3.05) is 18.4 Å². The molecule has 3 heterocycles. The quantitative estimate of drug-likeness (QED) is 0.641. The second kappa shape index (κ2) is 8.47. The molecular weight excluding hydrogens is 402 g/mol. The zero-order valence-electron chi connectivity index (χ0n) is 16.5. The molecule has 0 radical (unpaired) electrons. The molecular formula is C22H23N3O2S2. The van der Waals surface area contributed by atoms with E-state index in [4.69, 9.17) is 0 Å². The summed E-state index contributed by atoms with van der Waals surface area (Å²) in [4.78, 5) is 33.5. The van der Waals surface area contributed by atoms with Gasteiger partial charge < -0.3 is 10.2 Å². The Balaban J connectivity index is 1.36. The van der Waals surface area contributed by atoms with Crippen LogP contribution in [0.15, 0.2) is 41.8 Å². The Morgan fingerprint density at radius 1 is 1.10 bits per heavy atom. The van der Waals surface area contributed by atoms with E-state index in [0.29, 0.717) is 31.1 Å². The van der Waals surface area contributed by atoms with Crippen LogP contribution in [0.2, 0.25) is 0 Å². The van der Waals surface area contributed by atoms with Crippen LogP contribution in [-0.4, -0.2) is 34.8 Å². The standard InChI is InChI=1S/C22H23N3O2S2/c1-14-5-7-16(8-6-14)19-15(2)29-22(23-19)24-20(26)17-9-11-25(12-10-17)21(27)18-4-3-13-28-18/h3-8,13,17H,9-12H2,1-2H3,(H,23,24,26). The van der Waals surface area contributed by atoms with Gasteiger partial charge in [-0.2, -0.15) is 0 Å². The number of thiazole rings is 1. The molecule has 0 saturated carbocycles. The Morgan fingerprint density at radius 3 is 2.48 bits per heavy atom. The number of rotatable bonds is 4. The smallest absolute Gasteiger partial charge is 0.263 e. The minimum absolute atomic E-state index is 0.00238. The number of carbonyl (C=O) groups is 2. The molecule has 1 aliphatic heterocycles. The van der Waals surface area contributed by atoms with Gasteiger partial charge in [0.2, 0.25) is 5.91 Å². The van der Waals surface area contributed by atoms with Gasteiger partial charge in [0.05, 0.1) is 10.6 Å². The Bertz CT molecular complexity index is 1000. The zero-order chi connectivity index (χ0) is 20.4. The second-order valence-electron chi connectivity index (χ2n) is 7.32. The number of likely N-dealkylation sites (tertiary alicyclic amines) is 1. The van der Waals surface area contributed by atoms with Gasteiger partial charge in [-0.1, -0.05) is 35.9 Å². The van der Waals surface area contributed by atoms with Gasteiger partial charge in [0.1, 0.15) is 0 Å². The first-order chi connectivity index (χ1) is 14.0. The van der Waals surface area contributed by atoms with Gasteiger partial charge >= 0.3 is 0 Å². The Hall–Kier alpha value is -2.51. The minimum atomic E-state index is -0.0885. The summed E-state index contributed by atoms with van der Waals surface area (Å²) in [5.41, 5.74) is 3.19. The number of amides is 2. The molecule has 29 heavy (non-hydrogen) atoms. The van der Waals surface area contributed by atoms with Gasteiger partial charge in [0.15, 0.2) is 5.13 Å². The molecule has 0 unspecified atom stereocenters. The third-order valence-corrected chi connectivity index (χ3v) is 6.98. The van der Waals surface area contributed by atoms with E-state index in [2.05, 4.69) is 41.5 Å². The lowest BCUT2D eigenvalue weighted by Gasteiger charge is -2.30. The maximum Gasteiger partial charge on any atom is 0.263 e. The van der Waals surface area contributed by atoms with Crippen LogP contribution >= 0.6 is 22.7 Å². The van der Waals surface area contributed by atoms with Crippen LogP contribution in [0.25, 0.3) is 11.3 Å². The SMILES string of the molecule is Cc1ccc(-c2nc(NC(=O)C3CCN(C(=O)c4cccs4)CC3)sc2C)cc1. The summed E-state index contributed by atoms with van der Waals surface area (Å²) in [6.07, 6.45) is 1.36. The minimum Gasteiger partial charge on any atom is -0.338 e. The van der Waals surface area contributed by atoms with E-state index in [9.17, 15) is 9.59 Å². The number of piperidine rings is 1. The van der Waals surface area contributed by atoms with Crippen molar-refractivity contribution in [3.05, 3.63) is 57.1 Å². The predicted octanol–water partition coefficient (Wildman–Crippen LogP) is 4.98. The molecule has 3 aromatic rings. The highest BCUT2D eigenvalue weighted by atomic mass is 32.1. The summed E-state index contributed by atoms with van der Waals surface area (Å²) in [6, 6.07) is 12.0. The van der Waals surface area contributed by atoms with E-state index < -0.39 is 0 Å². The third-order valence-electron chi connectivity index (χ3n) is 5.24. The van der Waals surface area contributed by atoms with Crippen molar-refractivity contribution >= 4 is 39.6 Å². The fraction of sp³-hybridized carbons (Fsp3) is 0.318. The average molecular weight is 426 g/mol. The number of aryl methyl sites for hydroxylation is 2. The monoisotopic (exact) mass is 425 g/mol. The van der Waals surface area contributed by atoms with Crippen LogP contribution in [0, 0.1) is 19.8 Å². The number of benzene rings is 1. The number of nitrogens with zero attached hydrogens (tertiary/aromatic N) is 2. The van der Waals surface area contributed by atoms with Crippen molar-refractivity contribution < 1.29 is 9.59 Å². The van der Waals surface area contributed by atoms with Crippen LogP contribution in [0.3, 0.4) is 0 Å². The van der Waals surface area contributed by atoms with Gasteiger partial charge in [-0.05, 0) is 38.1 Å². The summed E-state index contributed by atoms with van der Waals surface area (Å²) in [7, 11) is 0. The maximum atomic E-state index is 12.7. The summed E-state index contributed by atoms with van der Waals surface area (Å²) in [6.45, 7) is 5.31. The molecule has 1 fully saturated rings. The van der Waals surface area contributed by atoms with Crippen molar-refractivity contribution in [1.82, 2.24) is 9.88 Å². The maximum absolute atomic E-state index is 12.7. The molecule has 1 N–H and O–H groups in total. The summed E-state index contributed by atoms with van der Waals surface area (Å²) < 4.78 is 0.